The summed E-state index contributed by atoms with van der Waals surface area (Å²) in [7, 11) is -2.13. The summed E-state index contributed by atoms with van der Waals surface area (Å²) in [6.07, 6.45) is 0. The minimum Gasteiger partial charge on any atom is -0.871 e. The summed E-state index contributed by atoms with van der Waals surface area (Å²) >= 11 is 2.98. The first-order valence-corrected chi connectivity index (χ1v) is 2.88. The van der Waals surface area contributed by atoms with Gasteiger partial charge in [0.1, 0.15) is 0 Å². The van der Waals surface area contributed by atoms with Gasteiger partial charge in [0, 0.05) is 11.9 Å². The van der Waals surface area contributed by atoms with E-state index in [0.717, 1.165) is 0 Å². The second-order valence-electron chi connectivity index (χ2n) is 0.848. The van der Waals surface area contributed by atoms with Crippen molar-refractivity contribution in [2.45, 2.75) is 0 Å². The molecular weight excluding hydrogens is 219 g/mol. The Balaban J connectivity index is 0. The van der Waals surface area contributed by atoms with Crippen molar-refractivity contribution in [3.8, 4) is 0 Å². The molecular formula is C2H4BBrFeO3. The first kappa shape index (κ1) is 11.7. The van der Waals surface area contributed by atoms with Crippen molar-refractivity contribution >= 4 is 23.3 Å². The van der Waals surface area contributed by atoms with Gasteiger partial charge in [0.2, 0.25) is 0 Å². The van der Waals surface area contributed by atoms with Crippen molar-refractivity contribution < 1.29 is 31.8 Å². The van der Waals surface area contributed by atoms with Crippen LogP contribution in [0.15, 0.2) is 0 Å². The second-order valence-corrected chi connectivity index (χ2v) is 1.64. The van der Waals surface area contributed by atoms with Gasteiger partial charge in [0.15, 0.2) is 0 Å². The SMILES string of the molecule is [Fe+2].[O-]B([O-])OCCBr. The Hall–Kier alpha value is 0.944. The van der Waals surface area contributed by atoms with Crippen LogP contribution in [-0.2, 0) is 21.7 Å². The molecule has 0 spiro atoms. The number of hydrogen-bond donors (Lipinski definition) is 0. The molecule has 0 amide bonds. The third-order valence-corrected chi connectivity index (χ3v) is 0.655. The van der Waals surface area contributed by atoms with Crippen LogP contribution in [0.3, 0.4) is 0 Å². The van der Waals surface area contributed by atoms with Gasteiger partial charge in [-0.25, -0.2) is 0 Å². The molecule has 0 fully saturated rings. The van der Waals surface area contributed by atoms with Gasteiger partial charge in [-0.3, -0.25) is 0 Å². The van der Waals surface area contributed by atoms with Gasteiger partial charge in [0.05, 0.1) is 7.32 Å². The summed E-state index contributed by atoms with van der Waals surface area (Å²) in [6.45, 7) is 0.192. The van der Waals surface area contributed by atoms with Crippen molar-refractivity contribution in [3.05, 3.63) is 0 Å². The van der Waals surface area contributed by atoms with E-state index in [4.69, 9.17) is 0 Å². The normalized spacial score (nSPS) is 7.88. The molecule has 3 nitrogen and oxygen atoms in total. The van der Waals surface area contributed by atoms with Crippen LogP contribution in [0.1, 0.15) is 0 Å². The Morgan fingerprint density at radius 2 is 2.00 bits per heavy atom. The Kier molecular flexibility index (Phi) is 11.6. The zero-order chi connectivity index (χ0) is 5.70. The molecule has 48 valence electrons. The predicted molar refractivity (Wildman–Crippen MR) is 25.5 cm³/mol. The summed E-state index contributed by atoms with van der Waals surface area (Å²) in [5, 5.41) is 19.5. The molecule has 0 heterocycles. The van der Waals surface area contributed by atoms with Crippen LogP contribution in [0, 0.1) is 0 Å². The van der Waals surface area contributed by atoms with E-state index in [0.29, 0.717) is 5.33 Å². The monoisotopic (exact) mass is 222 g/mol. The van der Waals surface area contributed by atoms with Crippen LogP contribution in [-0.4, -0.2) is 19.3 Å². The summed E-state index contributed by atoms with van der Waals surface area (Å²) in [4.78, 5) is 0. The smallest absolute Gasteiger partial charge is 0.871 e. The van der Waals surface area contributed by atoms with Gasteiger partial charge in [-0.15, -0.1) is 0 Å². The van der Waals surface area contributed by atoms with E-state index in [1.54, 1.807) is 0 Å². The van der Waals surface area contributed by atoms with Crippen molar-refractivity contribution in [3.63, 3.8) is 0 Å². The molecule has 0 N–H and O–H groups in total. The Morgan fingerprint density at radius 1 is 1.50 bits per heavy atom. The van der Waals surface area contributed by atoms with E-state index >= 15 is 0 Å². The van der Waals surface area contributed by atoms with Crippen LogP contribution in [0.2, 0.25) is 0 Å². The van der Waals surface area contributed by atoms with E-state index in [9.17, 15) is 10.0 Å². The molecule has 0 radical (unpaired) electrons. The average Bonchev–Trinajstić information content (AvgIpc) is 1.61. The largest absolute Gasteiger partial charge is 2.00 e. The van der Waals surface area contributed by atoms with Gasteiger partial charge in [0.25, 0.3) is 0 Å². The van der Waals surface area contributed by atoms with E-state index < -0.39 is 7.32 Å². The second kappa shape index (κ2) is 7.94. The van der Waals surface area contributed by atoms with E-state index in [2.05, 4.69) is 20.6 Å². The first-order chi connectivity index (χ1) is 3.27. The molecule has 0 aliphatic rings. The summed E-state index contributed by atoms with van der Waals surface area (Å²) in [6, 6.07) is 0. The van der Waals surface area contributed by atoms with Gasteiger partial charge in [-0.2, -0.15) is 0 Å². The zero-order valence-electron chi connectivity index (χ0n) is 3.95. The van der Waals surface area contributed by atoms with Crippen LogP contribution >= 0.6 is 15.9 Å². The topological polar surface area (TPSA) is 55.3 Å². The molecule has 6 heteroatoms. The number of halogens is 1. The molecule has 0 bridgehead atoms. The van der Waals surface area contributed by atoms with Gasteiger partial charge in [-0.05, 0) is 0 Å². The maximum absolute atomic E-state index is 9.49. The fourth-order valence-electron chi connectivity index (χ4n) is 0.141. The fraction of sp³-hybridized carbons (Fsp3) is 1.00. The third kappa shape index (κ3) is 10.0. The van der Waals surface area contributed by atoms with Gasteiger partial charge < -0.3 is 14.7 Å². The summed E-state index contributed by atoms with van der Waals surface area (Å²) in [5.41, 5.74) is 0. The molecule has 0 saturated carbocycles. The molecule has 0 aliphatic carbocycles. The van der Waals surface area contributed by atoms with Crippen molar-refractivity contribution in [2.24, 2.45) is 0 Å². The average molecular weight is 223 g/mol. The molecule has 0 atom stereocenters. The Morgan fingerprint density at radius 3 is 2.12 bits per heavy atom. The quantitative estimate of drug-likeness (QED) is 0.414. The number of alkyl halides is 1. The Bertz CT molecular complexity index is 46.3. The molecule has 0 aromatic rings. The summed E-state index contributed by atoms with van der Waals surface area (Å²) < 4.78 is 4.03. The van der Waals surface area contributed by atoms with E-state index in [-0.39, 0.29) is 23.7 Å². The molecule has 8 heavy (non-hydrogen) atoms. The first-order valence-electron chi connectivity index (χ1n) is 1.76. The molecule has 0 aliphatic heterocycles. The van der Waals surface area contributed by atoms with Gasteiger partial charge >= 0.3 is 17.1 Å². The maximum atomic E-state index is 9.49. The van der Waals surface area contributed by atoms with E-state index in [1.165, 1.54) is 0 Å². The van der Waals surface area contributed by atoms with E-state index in [1.807, 2.05) is 0 Å². The number of hydrogen-bond acceptors (Lipinski definition) is 3. The standard InChI is InChI=1S/C2H4BBrO3.Fe/c4-1-2-7-3(5)6;/h1-2H2;/q-2;+2. The molecule has 0 rings (SSSR count). The van der Waals surface area contributed by atoms with Crippen molar-refractivity contribution in [1.82, 2.24) is 0 Å². The molecule has 0 saturated heterocycles. The number of rotatable bonds is 3. The van der Waals surface area contributed by atoms with Crippen LogP contribution in [0.5, 0.6) is 0 Å². The predicted octanol–water partition coefficient (Wildman–Crippen LogP) is -1.90. The Labute approximate surface area is 67.2 Å². The zero-order valence-corrected chi connectivity index (χ0v) is 6.64. The van der Waals surface area contributed by atoms with Crippen LogP contribution < -0.4 is 10.0 Å². The molecule has 0 aromatic carbocycles. The molecule has 0 unspecified atom stereocenters. The third-order valence-electron chi connectivity index (χ3n) is 0.331. The van der Waals surface area contributed by atoms with Crippen molar-refractivity contribution in [1.29, 1.82) is 0 Å². The minimum atomic E-state index is -2.13. The fourth-order valence-corrected chi connectivity index (χ4v) is 0.328. The minimum absolute atomic E-state index is 0. The van der Waals surface area contributed by atoms with Crippen molar-refractivity contribution in [2.75, 3.05) is 11.9 Å². The van der Waals surface area contributed by atoms with Gasteiger partial charge in [-0.1, -0.05) is 15.9 Å². The summed E-state index contributed by atoms with van der Waals surface area (Å²) in [5.74, 6) is 0. The maximum Gasteiger partial charge on any atom is 2.00 e. The van der Waals surface area contributed by atoms with Crippen LogP contribution in [0.25, 0.3) is 0 Å². The molecule has 0 aromatic heterocycles. The van der Waals surface area contributed by atoms with Crippen LogP contribution in [0.4, 0.5) is 0 Å².